The first-order chi connectivity index (χ1) is 8.79. The molecule has 0 unspecified atom stereocenters. The largest absolute Gasteiger partial charge is 0.453 e. The highest BCUT2D eigenvalue weighted by Crippen LogP contribution is 2.29. The molecule has 7 heteroatoms. The van der Waals surface area contributed by atoms with E-state index in [1.807, 2.05) is 0 Å². The quantitative estimate of drug-likeness (QED) is 0.825. The highest BCUT2D eigenvalue weighted by Gasteiger charge is 2.37. The van der Waals surface area contributed by atoms with Crippen LogP contribution in [0.3, 0.4) is 0 Å². The van der Waals surface area contributed by atoms with Gasteiger partial charge in [0.15, 0.2) is 0 Å². The smallest absolute Gasteiger partial charge is 0.217 e. The zero-order chi connectivity index (χ0) is 14.2. The van der Waals surface area contributed by atoms with Gasteiger partial charge in [-0.15, -0.1) is 5.10 Å². The van der Waals surface area contributed by atoms with Crippen molar-refractivity contribution in [3.8, 4) is 5.69 Å². The van der Waals surface area contributed by atoms with Gasteiger partial charge in [0.25, 0.3) is 5.82 Å². The Morgan fingerprint density at radius 2 is 1.74 bits per heavy atom. The van der Waals surface area contributed by atoms with Crippen LogP contribution in [0.25, 0.3) is 5.69 Å². The topological polar surface area (TPSA) is 30.7 Å². The fraction of sp³-hybridized carbons (Fsp3) is 0.333. The van der Waals surface area contributed by atoms with Crippen LogP contribution in [0.5, 0.6) is 0 Å². The number of benzene rings is 1. The van der Waals surface area contributed by atoms with Gasteiger partial charge in [0.1, 0.15) is 5.82 Å². The maximum absolute atomic E-state index is 12.7. The first-order valence-corrected chi connectivity index (χ1v) is 6.38. The molecular weight excluding hydrogens is 323 g/mol. The van der Waals surface area contributed by atoms with Crippen LogP contribution < -0.4 is 0 Å². The van der Waals surface area contributed by atoms with Crippen LogP contribution in [0.1, 0.15) is 31.4 Å². The van der Waals surface area contributed by atoms with Crippen LogP contribution in [-0.2, 0) is 6.18 Å². The van der Waals surface area contributed by atoms with Gasteiger partial charge in [-0.05, 0) is 24.3 Å². The molecule has 0 aliphatic rings. The van der Waals surface area contributed by atoms with E-state index in [0.29, 0.717) is 5.69 Å². The molecule has 0 radical (unpaired) electrons. The monoisotopic (exact) mass is 333 g/mol. The molecule has 1 aromatic carbocycles. The summed E-state index contributed by atoms with van der Waals surface area (Å²) in [5.74, 6) is -0.985. The van der Waals surface area contributed by atoms with Gasteiger partial charge in [0, 0.05) is 10.4 Å². The summed E-state index contributed by atoms with van der Waals surface area (Å²) < 4.78 is 40.1. The number of rotatable bonds is 2. The van der Waals surface area contributed by atoms with Crippen LogP contribution in [0.4, 0.5) is 13.2 Å². The maximum atomic E-state index is 12.7. The van der Waals surface area contributed by atoms with E-state index in [4.69, 9.17) is 0 Å². The van der Waals surface area contributed by atoms with Crippen molar-refractivity contribution in [3.63, 3.8) is 0 Å². The maximum Gasteiger partial charge on any atom is 0.453 e. The number of halogens is 4. The molecule has 0 saturated carbocycles. The Morgan fingerprint density at radius 3 is 2.21 bits per heavy atom. The van der Waals surface area contributed by atoms with Crippen LogP contribution in [0.15, 0.2) is 28.7 Å². The van der Waals surface area contributed by atoms with Crippen molar-refractivity contribution in [1.29, 1.82) is 0 Å². The molecule has 0 fully saturated rings. The van der Waals surface area contributed by atoms with Gasteiger partial charge >= 0.3 is 6.18 Å². The lowest BCUT2D eigenvalue weighted by atomic mass is 10.2. The molecular formula is C12H11BrF3N3. The summed E-state index contributed by atoms with van der Waals surface area (Å²) in [4.78, 5) is 3.59. The number of hydrogen-bond donors (Lipinski definition) is 0. The summed E-state index contributed by atoms with van der Waals surface area (Å²) in [5, 5.41) is 3.57. The molecule has 0 aliphatic carbocycles. The van der Waals surface area contributed by atoms with Gasteiger partial charge in [-0.3, -0.25) is 0 Å². The molecule has 102 valence electrons. The van der Waals surface area contributed by atoms with E-state index in [9.17, 15) is 13.2 Å². The lowest BCUT2D eigenvalue weighted by Crippen LogP contribution is -2.08. The minimum Gasteiger partial charge on any atom is -0.217 e. The summed E-state index contributed by atoms with van der Waals surface area (Å²) in [6.45, 7) is 3.55. The van der Waals surface area contributed by atoms with Crippen LogP contribution >= 0.6 is 15.9 Å². The van der Waals surface area contributed by atoms with Gasteiger partial charge in [0.05, 0.1) is 5.69 Å². The van der Waals surface area contributed by atoms with Gasteiger partial charge < -0.3 is 0 Å². The van der Waals surface area contributed by atoms with Crippen molar-refractivity contribution in [2.75, 3.05) is 0 Å². The molecule has 3 nitrogen and oxygen atoms in total. The second kappa shape index (κ2) is 4.96. The predicted octanol–water partition coefficient (Wildman–Crippen LogP) is 4.17. The lowest BCUT2D eigenvalue weighted by Gasteiger charge is -2.07. The minimum atomic E-state index is -4.54. The molecule has 0 aliphatic heterocycles. The fourth-order valence-electron chi connectivity index (χ4n) is 1.59. The summed E-state index contributed by atoms with van der Waals surface area (Å²) in [6.07, 6.45) is -4.54. The standard InChI is InChI=1S/C12H11BrF3N3/c1-7(2)10-17-11(12(14,15)16)18-19(10)9-5-3-8(13)4-6-9/h3-7H,1-2H3. The van der Waals surface area contributed by atoms with Crippen molar-refractivity contribution >= 4 is 15.9 Å². The van der Waals surface area contributed by atoms with Gasteiger partial charge in [-0.25, -0.2) is 9.67 Å². The molecule has 2 rings (SSSR count). The van der Waals surface area contributed by atoms with Crippen LogP contribution in [-0.4, -0.2) is 14.8 Å². The fourth-order valence-corrected chi connectivity index (χ4v) is 1.85. The zero-order valence-corrected chi connectivity index (χ0v) is 11.8. The van der Waals surface area contributed by atoms with Crippen LogP contribution in [0, 0.1) is 0 Å². The molecule has 1 heterocycles. The average molecular weight is 334 g/mol. The third-order valence-electron chi connectivity index (χ3n) is 2.47. The number of nitrogens with zero attached hydrogens (tertiary/aromatic N) is 3. The van der Waals surface area contributed by atoms with Crippen molar-refractivity contribution in [3.05, 3.63) is 40.4 Å². The number of hydrogen-bond acceptors (Lipinski definition) is 2. The Labute approximate surface area is 116 Å². The first-order valence-electron chi connectivity index (χ1n) is 5.59. The minimum absolute atomic E-state index is 0.160. The summed E-state index contributed by atoms with van der Waals surface area (Å²) >= 11 is 3.28. The van der Waals surface area contributed by atoms with E-state index in [2.05, 4.69) is 26.0 Å². The third-order valence-corrected chi connectivity index (χ3v) is 3.00. The molecule has 2 aromatic rings. The summed E-state index contributed by atoms with van der Waals surface area (Å²) in [5.41, 5.74) is 0.551. The molecule has 0 spiro atoms. The van der Waals surface area contributed by atoms with Crippen LogP contribution in [0.2, 0.25) is 0 Å². The Kier molecular flexibility index (Phi) is 3.66. The molecule has 0 atom stereocenters. The van der Waals surface area contributed by atoms with Crippen molar-refractivity contribution < 1.29 is 13.2 Å². The molecule has 0 bridgehead atoms. The Morgan fingerprint density at radius 1 is 1.16 bits per heavy atom. The van der Waals surface area contributed by atoms with E-state index in [1.165, 1.54) is 4.68 Å². The molecule has 0 amide bonds. The molecule has 0 N–H and O–H groups in total. The third kappa shape index (κ3) is 2.97. The summed E-state index contributed by atoms with van der Waals surface area (Å²) in [6, 6.07) is 6.86. The van der Waals surface area contributed by atoms with E-state index in [-0.39, 0.29) is 11.7 Å². The van der Waals surface area contributed by atoms with Crippen molar-refractivity contribution in [1.82, 2.24) is 14.8 Å². The predicted molar refractivity (Wildman–Crippen MR) is 68.2 cm³/mol. The molecule has 1 aromatic heterocycles. The first kappa shape index (κ1) is 14.0. The molecule has 0 saturated heterocycles. The Hall–Kier alpha value is -1.37. The number of aromatic nitrogens is 3. The van der Waals surface area contributed by atoms with Gasteiger partial charge in [-0.1, -0.05) is 29.8 Å². The second-order valence-electron chi connectivity index (χ2n) is 4.33. The Bertz CT molecular complexity index is 573. The Balaban J connectivity index is 2.55. The van der Waals surface area contributed by atoms with Crippen molar-refractivity contribution in [2.45, 2.75) is 25.9 Å². The SMILES string of the molecule is CC(C)c1nc(C(F)(F)F)nn1-c1ccc(Br)cc1. The van der Waals surface area contributed by atoms with E-state index in [0.717, 1.165) is 4.47 Å². The highest BCUT2D eigenvalue weighted by atomic mass is 79.9. The van der Waals surface area contributed by atoms with E-state index < -0.39 is 12.0 Å². The van der Waals surface area contributed by atoms with E-state index in [1.54, 1.807) is 38.1 Å². The van der Waals surface area contributed by atoms with Gasteiger partial charge in [0.2, 0.25) is 0 Å². The average Bonchev–Trinajstić information content (AvgIpc) is 2.74. The van der Waals surface area contributed by atoms with E-state index >= 15 is 0 Å². The summed E-state index contributed by atoms with van der Waals surface area (Å²) in [7, 11) is 0. The highest BCUT2D eigenvalue weighted by molar-refractivity contribution is 9.10. The second-order valence-corrected chi connectivity index (χ2v) is 5.25. The zero-order valence-electron chi connectivity index (χ0n) is 10.2. The van der Waals surface area contributed by atoms with Crippen molar-refractivity contribution in [2.24, 2.45) is 0 Å². The number of alkyl halides is 3. The lowest BCUT2D eigenvalue weighted by molar-refractivity contribution is -0.144. The normalized spacial score (nSPS) is 12.2. The van der Waals surface area contributed by atoms with Gasteiger partial charge in [-0.2, -0.15) is 13.2 Å². The molecule has 19 heavy (non-hydrogen) atoms.